The van der Waals surface area contributed by atoms with Crippen molar-refractivity contribution in [3.63, 3.8) is 0 Å². The summed E-state index contributed by atoms with van der Waals surface area (Å²) >= 11 is 4.63. The monoisotopic (exact) mass is 374 g/mol. The molecule has 2 rings (SSSR count). The Labute approximate surface area is 131 Å². The lowest BCUT2D eigenvalue weighted by Crippen LogP contribution is -2.11. The number of rotatable bonds is 5. The van der Waals surface area contributed by atoms with E-state index in [0.29, 0.717) is 16.4 Å². The molecule has 7 heteroatoms. The maximum atomic E-state index is 12.3. The van der Waals surface area contributed by atoms with E-state index in [2.05, 4.69) is 26.0 Å². The maximum absolute atomic E-state index is 12.3. The minimum atomic E-state index is -3.52. The first-order valence-electron chi connectivity index (χ1n) is 5.94. The molecule has 0 aliphatic heterocycles. The van der Waals surface area contributed by atoms with Crippen LogP contribution >= 0.6 is 27.3 Å². The molecule has 0 bridgehead atoms. The Bertz CT molecular complexity index is 691. The van der Waals surface area contributed by atoms with Crippen molar-refractivity contribution in [2.24, 2.45) is 0 Å². The summed E-state index contributed by atoms with van der Waals surface area (Å²) in [5.41, 5.74) is 1.54. The molecule has 1 aromatic carbocycles. The molecule has 1 heterocycles. The van der Waals surface area contributed by atoms with Gasteiger partial charge in [-0.25, -0.2) is 8.42 Å². The van der Waals surface area contributed by atoms with Crippen molar-refractivity contribution >= 4 is 43.0 Å². The van der Waals surface area contributed by atoms with E-state index in [1.807, 2.05) is 26.1 Å². The van der Waals surface area contributed by atoms with E-state index in [1.165, 1.54) is 11.3 Å². The Morgan fingerprint density at radius 3 is 2.65 bits per heavy atom. The SMILES string of the molecule is CNCc1ccc(S(=O)(=O)Nc2cc(C)cc(Br)c2)s1. The minimum Gasteiger partial charge on any atom is -0.315 e. The smallest absolute Gasteiger partial charge is 0.271 e. The van der Waals surface area contributed by atoms with Gasteiger partial charge in [-0.15, -0.1) is 11.3 Å². The van der Waals surface area contributed by atoms with Crippen LogP contribution in [0.5, 0.6) is 0 Å². The van der Waals surface area contributed by atoms with Gasteiger partial charge < -0.3 is 5.32 Å². The van der Waals surface area contributed by atoms with Crippen LogP contribution in [0.4, 0.5) is 5.69 Å². The average Bonchev–Trinajstić information content (AvgIpc) is 2.76. The first-order chi connectivity index (χ1) is 9.40. The Kier molecular flexibility index (Phi) is 4.85. The molecule has 1 aromatic heterocycles. The standard InChI is InChI=1S/C13H15BrN2O2S2/c1-9-5-10(14)7-11(6-9)16-20(17,18)13-4-3-12(19-13)8-15-2/h3-7,15-16H,8H2,1-2H3. The van der Waals surface area contributed by atoms with Gasteiger partial charge in [0.15, 0.2) is 0 Å². The Hall–Kier alpha value is -0.890. The second kappa shape index (κ2) is 6.26. The zero-order valence-electron chi connectivity index (χ0n) is 11.1. The molecule has 0 amide bonds. The van der Waals surface area contributed by atoms with Gasteiger partial charge in [-0.2, -0.15) is 0 Å². The molecule has 20 heavy (non-hydrogen) atoms. The third-order valence-electron chi connectivity index (χ3n) is 2.55. The summed E-state index contributed by atoms with van der Waals surface area (Å²) in [7, 11) is -1.69. The number of hydrogen-bond acceptors (Lipinski definition) is 4. The second-order valence-corrected chi connectivity index (χ2v) is 8.37. The highest BCUT2D eigenvalue weighted by atomic mass is 79.9. The largest absolute Gasteiger partial charge is 0.315 e. The van der Waals surface area contributed by atoms with Crippen LogP contribution in [-0.2, 0) is 16.6 Å². The Balaban J connectivity index is 2.25. The summed E-state index contributed by atoms with van der Waals surface area (Å²) in [5.74, 6) is 0. The van der Waals surface area contributed by atoms with Gasteiger partial charge in [0.1, 0.15) is 4.21 Å². The van der Waals surface area contributed by atoms with E-state index in [1.54, 1.807) is 18.2 Å². The van der Waals surface area contributed by atoms with Crippen molar-refractivity contribution in [2.75, 3.05) is 11.8 Å². The van der Waals surface area contributed by atoms with E-state index in [9.17, 15) is 8.42 Å². The van der Waals surface area contributed by atoms with Gasteiger partial charge >= 0.3 is 0 Å². The number of sulfonamides is 1. The molecule has 0 saturated heterocycles. The summed E-state index contributed by atoms with van der Waals surface area (Å²) in [4.78, 5) is 0.985. The maximum Gasteiger partial charge on any atom is 0.271 e. The fourth-order valence-corrected chi connectivity index (χ4v) is 4.79. The number of anilines is 1. The third kappa shape index (κ3) is 3.82. The summed E-state index contributed by atoms with van der Waals surface area (Å²) in [5, 5.41) is 3.00. The van der Waals surface area contributed by atoms with Crippen molar-refractivity contribution in [1.82, 2.24) is 5.32 Å². The lowest BCUT2D eigenvalue weighted by molar-refractivity contribution is 0.603. The van der Waals surface area contributed by atoms with Crippen LogP contribution in [0.1, 0.15) is 10.4 Å². The fourth-order valence-electron chi connectivity index (χ4n) is 1.77. The molecular formula is C13H15BrN2O2S2. The van der Waals surface area contributed by atoms with Gasteiger partial charge in [-0.3, -0.25) is 4.72 Å². The van der Waals surface area contributed by atoms with Gasteiger partial charge in [-0.05, 0) is 49.9 Å². The van der Waals surface area contributed by atoms with Crippen LogP contribution in [0.2, 0.25) is 0 Å². The molecule has 2 N–H and O–H groups in total. The zero-order chi connectivity index (χ0) is 14.8. The van der Waals surface area contributed by atoms with Crippen molar-refractivity contribution in [3.8, 4) is 0 Å². The quantitative estimate of drug-likeness (QED) is 0.843. The van der Waals surface area contributed by atoms with Crippen molar-refractivity contribution in [2.45, 2.75) is 17.7 Å². The number of thiophene rings is 1. The van der Waals surface area contributed by atoms with E-state index < -0.39 is 10.0 Å². The van der Waals surface area contributed by atoms with Gasteiger partial charge in [-0.1, -0.05) is 15.9 Å². The molecule has 2 aromatic rings. The van der Waals surface area contributed by atoms with Crippen molar-refractivity contribution < 1.29 is 8.42 Å². The van der Waals surface area contributed by atoms with E-state index >= 15 is 0 Å². The first-order valence-corrected chi connectivity index (χ1v) is 9.03. The number of halogens is 1. The molecule has 0 radical (unpaired) electrons. The van der Waals surface area contributed by atoms with E-state index in [0.717, 1.165) is 14.9 Å². The van der Waals surface area contributed by atoms with Crippen molar-refractivity contribution in [1.29, 1.82) is 0 Å². The molecule has 108 valence electrons. The van der Waals surface area contributed by atoms with Crippen molar-refractivity contribution in [3.05, 3.63) is 45.2 Å². The van der Waals surface area contributed by atoms with E-state index in [4.69, 9.17) is 0 Å². The van der Waals surface area contributed by atoms with Gasteiger partial charge in [0, 0.05) is 15.9 Å². The Morgan fingerprint density at radius 2 is 2.00 bits per heavy atom. The van der Waals surface area contributed by atoms with Gasteiger partial charge in [0.25, 0.3) is 10.0 Å². The summed E-state index contributed by atoms with van der Waals surface area (Å²) in [6, 6.07) is 8.91. The fraction of sp³-hybridized carbons (Fsp3) is 0.231. The van der Waals surface area contributed by atoms with Crippen LogP contribution < -0.4 is 10.0 Å². The first kappa shape index (κ1) is 15.5. The normalized spacial score (nSPS) is 11.6. The number of nitrogens with one attached hydrogen (secondary N) is 2. The topological polar surface area (TPSA) is 58.2 Å². The van der Waals surface area contributed by atoms with Crippen LogP contribution in [0, 0.1) is 6.92 Å². The molecule has 0 aliphatic rings. The van der Waals surface area contributed by atoms with Crippen LogP contribution in [0.25, 0.3) is 0 Å². The third-order valence-corrected chi connectivity index (χ3v) is 5.96. The lowest BCUT2D eigenvalue weighted by atomic mass is 10.2. The number of benzene rings is 1. The highest BCUT2D eigenvalue weighted by molar-refractivity contribution is 9.10. The van der Waals surface area contributed by atoms with E-state index in [-0.39, 0.29) is 0 Å². The second-order valence-electron chi connectivity index (χ2n) is 4.37. The van der Waals surface area contributed by atoms with Crippen LogP contribution in [0.3, 0.4) is 0 Å². The summed E-state index contributed by atoms with van der Waals surface area (Å²) < 4.78 is 28.4. The molecular weight excluding hydrogens is 360 g/mol. The van der Waals surface area contributed by atoms with Gasteiger partial charge in [0.05, 0.1) is 5.69 Å². The predicted octanol–water partition coefficient (Wildman–Crippen LogP) is 3.34. The van der Waals surface area contributed by atoms with Crippen LogP contribution in [-0.4, -0.2) is 15.5 Å². The molecule has 0 saturated carbocycles. The molecule has 0 unspecified atom stereocenters. The predicted molar refractivity (Wildman–Crippen MR) is 86.8 cm³/mol. The summed E-state index contributed by atoms with van der Waals surface area (Å²) in [6.07, 6.45) is 0. The minimum absolute atomic E-state index is 0.320. The van der Waals surface area contributed by atoms with Gasteiger partial charge in [0.2, 0.25) is 0 Å². The highest BCUT2D eigenvalue weighted by Crippen LogP contribution is 2.26. The Morgan fingerprint density at radius 1 is 1.25 bits per heavy atom. The molecule has 0 spiro atoms. The lowest BCUT2D eigenvalue weighted by Gasteiger charge is -2.07. The average molecular weight is 375 g/mol. The molecule has 4 nitrogen and oxygen atoms in total. The number of hydrogen-bond donors (Lipinski definition) is 2. The number of aryl methyl sites for hydroxylation is 1. The van der Waals surface area contributed by atoms with Crippen LogP contribution in [0.15, 0.2) is 39.0 Å². The molecule has 0 aliphatic carbocycles. The molecule has 0 fully saturated rings. The summed E-state index contributed by atoms with van der Waals surface area (Å²) in [6.45, 7) is 2.58. The zero-order valence-corrected chi connectivity index (χ0v) is 14.3. The highest BCUT2D eigenvalue weighted by Gasteiger charge is 2.17. The molecule has 0 atom stereocenters.